The number of likely N-dealkylation sites (tertiary alicyclic amines) is 1. The lowest BCUT2D eigenvalue weighted by atomic mass is 10.2. The van der Waals surface area contributed by atoms with Crippen LogP contribution in [0.1, 0.15) is 36.8 Å². The van der Waals surface area contributed by atoms with Crippen molar-refractivity contribution in [1.29, 1.82) is 5.26 Å². The lowest BCUT2D eigenvalue weighted by Gasteiger charge is -2.22. The van der Waals surface area contributed by atoms with Gasteiger partial charge in [0.2, 0.25) is 17.8 Å². The predicted octanol–water partition coefficient (Wildman–Crippen LogP) is 2.49. The van der Waals surface area contributed by atoms with Crippen LogP contribution in [0.25, 0.3) is 0 Å². The average Bonchev–Trinajstić information content (AvgIpc) is 3.41. The lowest BCUT2D eigenvalue weighted by molar-refractivity contribution is -0.135. The topological polar surface area (TPSA) is 126 Å². The van der Waals surface area contributed by atoms with Gasteiger partial charge in [-0.1, -0.05) is 17.9 Å². The summed E-state index contributed by atoms with van der Waals surface area (Å²) in [6.07, 6.45) is 7.82. The summed E-state index contributed by atoms with van der Waals surface area (Å²) in [6.45, 7) is 1.77. The van der Waals surface area contributed by atoms with Gasteiger partial charge in [-0.05, 0) is 57.6 Å². The molecule has 0 bridgehead atoms. The second kappa shape index (κ2) is 14.4. The molecule has 0 unspecified atom stereocenters. The van der Waals surface area contributed by atoms with E-state index in [1.54, 1.807) is 48.5 Å². The van der Waals surface area contributed by atoms with E-state index in [9.17, 15) is 9.59 Å². The van der Waals surface area contributed by atoms with E-state index in [1.807, 2.05) is 25.1 Å². The van der Waals surface area contributed by atoms with Crippen LogP contribution in [-0.2, 0) is 9.59 Å². The third kappa shape index (κ3) is 8.32. The standard InChI is InChI=1S/C28H34N8O2/c1-30-26-22(20-32-28(34-26)33-23-14-12-21(19-29)13-15-23)9-5-4-6-16-31-27(38)24-10-7-18-36(24)25(37)11-8-17-35(2)3/h8,11-15,20,24H,4,6-7,10,16-18H2,1-3H3,(H,31,38)(H2,30,32,33,34)/b11-8+/t24-/m0/s1. The molecule has 38 heavy (non-hydrogen) atoms. The number of nitrogens with one attached hydrogen (secondary N) is 3. The summed E-state index contributed by atoms with van der Waals surface area (Å²) in [5.41, 5.74) is 2.03. The van der Waals surface area contributed by atoms with Gasteiger partial charge < -0.3 is 25.8 Å². The Morgan fingerprint density at radius 2 is 2.05 bits per heavy atom. The number of carbonyl (C=O) groups is 2. The molecule has 0 radical (unpaired) electrons. The Bertz CT molecular complexity index is 1240. The molecule has 1 atom stereocenters. The lowest BCUT2D eigenvalue weighted by Crippen LogP contribution is -2.45. The van der Waals surface area contributed by atoms with E-state index in [-0.39, 0.29) is 11.8 Å². The van der Waals surface area contributed by atoms with E-state index >= 15 is 0 Å². The molecule has 1 aliphatic rings. The van der Waals surface area contributed by atoms with Crippen LogP contribution in [0.3, 0.4) is 0 Å². The molecule has 1 fully saturated rings. The fraction of sp³-hybridized carbons (Fsp3) is 0.393. The van der Waals surface area contributed by atoms with Crippen LogP contribution in [0.4, 0.5) is 17.5 Å². The molecule has 1 aromatic heterocycles. The number of amides is 2. The first-order chi connectivity index (χ1) is 18.4. The first-order valence-electron chi connectivity index (χ1n) is 12.6. The van der Waals surface area contributed by atoms with Gasteiger partial charge in [0, 0.05) is 44.9 Å². The first-order valence-corrected chi connectivity index (χ1v) is 12.6. The monoisotopic (exact) mass is 514 g/mol. The molecule has 3 N–H and O–H groups in total. The van der Waals surface area contributed by atoms with Crippen LogP contribution in [0.5, 0.6) is 0 Å². The number of likely N-dealkylation sites (N-methyl/N-ethyl adjacent to an activating group) is 1. The number of benzene rings is 1. The van der Waals surface area contributed by atoms with Crippen LogP contribution in [0.15, 0.2) is 42.6 Å². The van der Waals surface area contributed by atoms with Crippen molar-refractivity contribution in [2.24, 2.45) is 0 Å². The van der Waals surface area contributed by atoms with Crippen molar-refractivity contribution in [2.45, 2.75) is 31.7 Å². The minimum absolute atomic E-state index is 0.110. The summed E-state index contributed by atoms with van der Waals surface area (Å²) in [4.78, 5) is 37.5. The molecule has 10 heteroatoms. The fourth-order valence-corrected chi connectivity index (χ4v) is 3.91. The third-order valence-electron chi connectivity index (χ3n) is 5.87. The molecule has 1 saturated heterocycles. The van der Waals surface area contributed by atoms with Crippen LogP contribution in [0.2, 0.25) is 0 Å². The van der Waals surface area contributed by atoms with Crippen LogP contribution in [0, 0.1) is 23.2 Å². The molecule has 198 valence electrons. The van der Waals surface area contributed by atoms with Gasteiger partial charge in [0.15, 0.2) is 0 Å². The largest absolute Gasteiger partial charge is 0.372 e. The predicted molar refractivity (Wildman–Crippen MR) is 148 cm³/mol. The number of anilines is 3. The number of carbonyl (C=O) groups excluding carboxylic acids is 2. The Kier molecular flexibility index (Phi) is 10.6. The highest BCUT2D eigenvalue weighted by Gasteiger charge is 2.32. The van der Waals surface area contributed by atoms with Crippen LogP contribution >= 0.6 is 0 Å². The molecular weight excluding hydrogens is 480 g/mol. The van der Waals surface area contributed by atoms with Gasteiger partial charge in [0.1, 0.15) is 11.9 Å². The number of rotatable bonds is 10. The van der Waals surface area contributed by atoms with E-state index in [0.29, 0.717) is 61.8 Å². The molecule has 1 aliphatic heterocycles. The second-order valence-electron chi connectivity index (χ2n) is 9.07. The highest BCUT2D eigenvalue weighted by atomic mass is 16.2. The highest BCUT2D eigenvalue weighted by molar-refractivity contribution is 5.93. The molecule has 0 aliphatic carbocycles. The summed E-state index contributed by atoms with van der Waals surface area (Å²) in [5, 5.41) is 18.0. The van der Waals surface area contributed by atoms with Crippen molar-refractivity contribution >= 4 is 29.3 Å². The van der Waals surface area contributed by atoms with Crippen molar-refractivity contribution in [3.8, 4) is 17.9 Å². The summed E-state index contributed by atoms with van der Waals surface area (Å²) in [6, 6.07) is 8.70. The highest BCUT2D eigenvalue weighted by Crippen LogP contribution is 2.19. The molecular formula is C28H34N8O2. The van der Waals surface area contributed by atoms with Crippen molar-refractivity contribution in [3.05, 3.63) is 53.7 Å². The first kappa shape index (κ1) is 28.2. The van der Waals surface area contributed by atoms with E-state index in [2.05, 4.69) is 43.8 Å². The van der Waals surface area contributed by atoms with Gasteiger partial charge in [0.25, 0.3) is 0 Å². The number of hydrogen-bond acceptors (Lipinski definition) is 8. The number of nitriles is 1. The van der Waals surface area contributed by atoms with Crippen LogP contribution < -0.4 is 16.0 Å². The molecule has 10 nitrogen and oxygen atoms in total. The Morgan fingerprint density at radius 3 is 2.76 bits per heavy atom. The number of aromatic nitrogens is 2. The Hall–Kier alpha value is -4.41. The van der Waals surface area contributed by atoms with Gasteiger partial charge in [-0.15, -0.1) is 0 Å². The van der Waals surface area contributed by atoms with Crippen LogP contribution in [-0.4, -0.2) is 78.4 Å². The van der Waals surface area contributed by atoms with Gasteiger partial charge in [0.05, 0.1) is 23.4 Å². The summed E-state index contributed by atoms with van der Waals surface area (Å²) in [5.74, 6) is 6.99. The van der Waals surface area contributed by atoms with Crippen molar-refractivity contribution in [3.63, 3.8) is 0 Å². The van der Waals surface area contributed by atoms with Crippen molar-refractivity contribution < 1.29 is 9.59 Å². The SMILES string of the molecule is CNc1nc(Nc2ccc(C#N)cc2)ncc1C#CCCCNC(=O)[C@@H]1CCCN1C(=O)/C=C/CN(C)C. The minimum Gasteiger partial charge on any atom is -0.372 e. The fourth-order valence-electron chi connectivity index (χ4n) is 3.91. The zero-order valence-corrected chi connectivity index (χ0v) is 22.1. The molecule has 0 spiro atoms. The molecule has 2 amide bonds. The van der Waals surface area contributed by atoms with E-state index in [4.69, 9.17) is 5.26 Å². The van der Waals surface area contributed by atoms with E-state index in [1.165, 1.54) is 0 Å². The average molecular weight is 515 g/mol. The maximum absolute atomic E-state index is 12.7. The number of nitrogens with zero attached hydrogens (tertiary/aromatic N) is 5. The quantitative estimate of drug-likeness (QED) is 0.251. The summed E-state index contributed by atoms with van der Waals surface area (Å²) in [7, 11) is 5.64. The maximum atomic E-state index is 12.7. The zero-order valence-electron chi connectivity index (χ0n) is 22.1. The molecule has 3 rings (SSSR count). The van der Waals surface area contributed by atoms with E-state index < -0.39 is 6.04 Å². The Balaban J connectivity index is 1.46. The number of unbranched alkanes of at least 4 members (excludes halogenated alkanes) is 1. The second-order valence-corrected chi connectivity index (χ2v) is 9.07. The van der Waals surface area contributed by atoms with Gasteiger partial charge >= 0.3 is 0 Å². The molecule has 0 saturated carbocycles. The summed E-state index contributed by atoms with van der Waals surface area (Å²) >= 11 is 0. The van der Waals surface area contributed by atoms with Gasteiger partial charge in [-0.25, -0.2) is 4.98 Å². The molecule has 2 heterocycles. The Morgan fingerprint density at radius 1 is 1.26 bits per heavy atom. The van der Waals surface area contributed by atoms with E-state index in [0.717, 1.165) is 12.1 Å². The van der Waals surface area contributed by atoms with Crippen molar-refractivity contribution in [1.82, 2.24) is 25.1 Å². The molecule has 1 aromatic carbocycles. The number of hydrogen-bond donors (Lipinski definition) is 3. The third-order valence-corrected chi connectivity index (χ3v) is 5.87. The zero-order chi connectivity index (χ0) is 27.3. The Labute approximate surface area is 224 Å². The maximum Gasteiger partial charge on any atom is 0.246 e. The van der Waals surface area contributed by atoms with Gasteiger partial charge in [-0.2, -0.15) is 10.2 Å². The summed E-state index contributed by atoms with van der Waals surface area (Å²) < 4.78 is 0. The minimum atomic E-state index is -0.413. The normalized spacial score (nSPS) is 14.6. The smallest absolute Gasteiger partial charge is 0.246 e. The van der Waals surface area contributed by atoms with Crippen molar-refractivity contribution in [2.75, 3.05) is 51.4 Å². The van der Waals surface area contributed by atoms with Gasteiger partial charge in [-0.3, -0.25) is 9.59 Å². The molecule has 2 aromatic rings.